The number of nitrogens with one attached hydrogen (secondary N) is 2. The molecule has 0 saturated carbocycles. The van der Waals surface area contributed by atoms with Gasteiger partial charge in [-0.25, -0.2) is 9.97 Å². The Morgan fingerprint density at radius 2 is 1.89 bits per heavy atom. The first kappa shape index (κ1) is 18.0. The van der Waals surface area contributed by atoms with Gasteiger partial charge in [0.2, 0.25) is 5.95 Å². The van der Waals surface area contributed by atoms with E-state index in [1.807, 2.05) is 12.1 Å². The van der Waals surface area contributed by atoms with Crippen LogP contribution in [0.5, 0.6) is 0 Å². The van der Waals surface area contributed by atoms with Crippen LogP contribution < -0.4 is 15.5 Å². The van der Waals surface area contributed by atoms with Crippen molar-refractivity contribution >= 4 is 23.2 Å². The van der Waals surface area contributed by atoms with E-state index in [9.17, 15) is 4.79 Å². The molecule has 7 heteroatoms. The number of amides is 1. The zero-order valence-electron chi connectivity index (χ0n) is 15.6. The fraction of sp³-hybridized carbons (Fsp3) is 0.286. The first-order valence-corrected chi connectivity index (χ1v) is 9.53. The molecule has 4 rings (SSSR count). The fourth-order valence-electron chi connectivity index (χ4n) is 3.25. The van der Waals surface area contributed by atoms with Gasteiger partial charge in [0.1, 0.15) is 11.5 Å². The van der Waals surface area contributed by atoms with E-state index in [1.165, 1.54) is 24.9 Å². The maximum atomic E-state index is 12.3. The van der Waals surface area contributed by atoms with Crippen LogP contribution in [-0.2, 0) is 6.54 Å². The van der Waals surface area contributed by atoms with Gasteiger partial charge in [0.15, 0.2) is 0 Å². The highest BCUT2D eigenvalue weighted by molar-refractivity contribution is 5.92. The van der Waals surface area contributed by atoms with Crippen LogP contribution in [0.15, 0.2) is 59.3 Å². The number of carbonyl (C=O) groups excluding carboxylic acids is 1. The number of hydrogen-bond acceptors (Lipinski definition) is 6. The molecule has 1 aliphatic rings. The molecule has 1 aliphatic heterocycles. The van der Waals surface area contributed by atoms with Crippen molar-refractivity contribution in [2.75, 3.05) is 23.3 Å². The number of piperidine rings is 1. The Hall–Kier alpha value is -3.35. The molecular formula is C21H23N5O2. The first-order valence-electron chi connectivity index (χ1n) is 9.53. The van der Waals surface area contributed by atoms with Crippen molar-refractivity contribution in [2.45, 2.75) is 25.8 Å². The van der Waals surface area contributed by atoms with Crippen LogP contribution in [0.25, 0.3) is 0 Å². The van der Waals surface area contributed by atoms with Gasteiger partial charge >= 0.3 is 0 Å². The van der Waals surface area contributed by atoms with E-state index < -0.39 is 0 Å². The molecule has 1 fully saturated rings. The van der Waals surface area contributed by atoms with Crippen LogP contribution in [-0.4, -0.2) is 29.0 Å². The Balaban J connectivity index is 1.38. The lowest BCUT2D eigenvalue weighted by molar-refractivity contribution is 0.0943. The zero-order chi connectivity index (χ0) is 19.2. The molecule has 1 amide bonds. The van der Waals surface area contributed by atoms with Crippen molar-refractivity contribution in [1.29, 1.82) is 0 Å². The van der Waals surface area contributed by atoms with Gasteiger partial charge in [-0.1, -0.05) is 0 Å². The molecule has 0 bridgehead atoms. The normalized spacial score (nSPS) is 13.9. The average Bonchev–Trinajstić information content (AvgIpc) is 3.27. The maximum Gasteiger partial charge on any atom is 0.270 e. The molecule has 2 N–H and O–H groups in total. The van der Waals surface area contributed by atoms with Gasteiger partial charge in [0.25, 0.3) is 5.91 Å². The summed E-state index contributed by atoms with van der Waals surface area (Å²) < 4.78 is 5.21. The lowest BCUT2D eigenvalue weighted by Gasteiger charge is -2.28. The molecule has 144 valence electrons. The van der Waals surface area contributed by atoms with Crippen LogP contribution in [0.3, 0.4) is 0 Å². The summed E-state index contributed by atoms with van der Waals surface area (Å²) in [4.78, 5) is 23.2. The summed E-state index contributed by atoms with van der Waals surface area (Å²) >= 11 is 0. The molecule has 28 heavy (non-hydrogen) atoms. The minimum atomic E-state index is -0.276. The number of furan rings is 1. The van der Waals surface area contributed by atoms with Gasteiger partial charge in [-0.3, -0.25) is 4.79 Å². The number of aromatic nitrogens is 2. The fourth-order valence-corrected chi connectivity index (χ4v) is 3.25. The third kappa shape index (κ3) is 4.49. The van der Waals surface area contributed by atoms with Gasteiger partial charge in [-0.2, -0.15) is 0 Å². The van der Waals surface area contributed by atoms with E-state index in [-0.39, 0.29) is 5.91 Å². The Labute approximate surface area is 163 Å². The van der Waals surface area contributed by atoms with E-state index in [0.29, 0.717) is 23.9 Å². The lowest BCUT2D eigenvalue weighted by Crippen LogP contribution is -2.29. The summed E-state index contributed by atoms with van der Waals surface area (Å²) in [6, 6.07) is 13.4. The maximum absolute atomic E-state index is 12.3. The molecule has 0 radical (unpaired) electrons. The highest BCUT2D eigenvalue weighted by atomic mass is 16.3. The first-order chi connectivity index (χ1) is 13.8. The van der Waals surface area contributed by atoms with Crippen molar-refractivity contribution in [3.05, 3.63) is 66.4 Å². The van der Waals surface area contributed by atoms with Crippen LogP contribution in [0, 0.1) is 0 Å². The largest absolute Gasteiger partial charge is 0.467 e. The highest BCUT2D eigenvalue weighted by Gasteiger charge is 2.12. The van der Waals surface area contributed by atoms with Gasteiger partial charge in [-0.15, -0.1) is 0 Å². The molecule has 3 heterocycles. The number of rotatable bonds is 6. The van der Waals surface area contributed by atoms with Gasteiger partial charge in [-0.05, 0) is 61.7 Å². The Bertz CT molecular complexity index is 903. The second-order valence-electron chi connectivity index (χ2n) is 6.75. The second kappa shape index (κ2) is 8.56. The Kier molecular flexibility index (Phi) is 5.51. The highest BCUT2D eigenvalue weighted by Crippen LogP contribution is 2.22. The Morgan fingerprint density at radius 3 is 2.64 bits per heavy atom. The molecule has 2 aromatic heterocycles. The SMILES string of the molecule is O=C(NCc1ccco1)c1ccnc(Nc2ccc(N3CCCCC3)cc2)n1. The smallest absolute Gasteiger partial charge is 0.270 e. The summed E-state index contributed by atoms with van der Waals surface area (Å²) in [5.41, 5.74) is 2.42. The van der Waals surface area contributed by atoms with E-state index >= 15 is 0 Å². The quantitative estimate of drug-likeness (QED) is 0.681. The predicted molar refractivity (Wildman–Crippen MR) is 108 cm³/mol. The van der Waals surface area contributed by atoms with E-state index in [2.05, 4.69) is 37.6 Å². The lowest BCUT2D eigenvalue weighted by atomic mass is 10.1. The van der Waals surface area contributed by atoms with Gasteiger partial charge in [0.05, 0.1) is 12.8 Å². The summed E-state index contributed by atoms with van der Waals surface area (Å²) in [7, 11) is 0. The number of nitrogens with zero attached hydrogens (tertiary/aromatic N) is 3. The van der Waals surface area contributed by atoms with Crippen molar-refractivity contribution in [3.63, 3.8) is 0 Å². The van der Waals surface area contributed by atoms with Crippen LogP contribution >= 0.6 is 0 Å². The second-order valence-corrected chi connectivity index (χ2v) is 6.75. The molecule has 1 aromatic carbocycles. The number of hydrogen-bond donors (Lipinski definition) is 2. The van der Waals surface area contributed by atoms with E-state index in [0.717, 1.165) is 18.8 Å². The number of anilines is 3. The van der Waals surface area contributed by atoms with Gasteiger partial charge in [0, 0.05) is 30.7 Å². The van der Waals surface area contributed by atoms with E-state index in [4.69, 9.17) is 4.42 Å². The number of carbonyl (C=O) groups is 1. The van der Waals surface area contributed by atoms with Crippen molar-refractivity contribution in [2.24, 2.45) is 0 Å². The standard InChI is InChI=1S/C21H23N5O2/c27-20(23-15-18-5-4-14-28-18)19-10-11-22-21(25-19)24-16-6-8-17(9-7-16)26-12-2-1-3-13-26/h4-11,14H,1-3,12-13,15H2,(H,23,27)(H,22,24,25). The van der Waals surface area contributed by atoms with Crippen molar-refractivity contribution in [1.82, 2.24) is 15.3 Å². The van der Waals surface area contributed by atoms with Crippen molar-refractivity contribution < 1.29 is 9.21 Å². The molecule has 0 unspecified atom stereocenters. The summed E-state index contributed by atoms with van der Waals surface area (Å²) in [5.74, 6) is 0.799. The third-order valence-corrected chi connectivity index (χ3v) is 4.74. The molecule has 0 spiro atoms. The minimum Gasteiger partial charge on any atom is -0.467 e. The zero-order valence-corrected chi connectivity index (χ0v) is 15.6. The predicted octanol–water partition coefficient (Wildman–Crippen LogP) is 3.73. The van der Waals surface area contributed by atoms with Crippen molar-refractivity contribution in [3.8, 4) is 0 Å². The Morgan fingerprint density at radius 1 is 1.07 bits per heavy atom. The summed E-state index contributed by atoms with van der Waals surface area (Å²) in [6.07, 6.45) is 6.97. The van der Waals surface area contributed by atoms with E-state index in [1.54, 1.807) is 30.7 Å². The molecule has 7 nitrogen and oxygen atoms in total. The molecular weight excluding hydrogens is 354 g/mol. The third-order valence-electron chi connectivity index (χ3n) is 4.74. The average molecular weight is 377 g/mol. The molecule has 1 saturated heterocycles. The minimum absolute atomic E-state index is 0.276. The topological polar surface area (TPSA) is 83.3 Å². The van der Waals surface area contributed by atoms with Crippen LogP contribution in [0.1, 0.15) is 35.5 Å². The number of benzene rings is 1. The summed E-state index contributed by atoms with van der Waals surface area (Å²) in [5, 5.41) is 5.94. The van der Waals surface area contributed by atoms with Crippen LogP contribution in [0.4, 0.5) is 17.3 Å². The molecule has 0 aliphatic carbocycles. The summed E-state index contributed by atoms with van der Waals surface area (Å²) in [6.45, 7) is 2.55. The van der Waals surface area contributed by atoms with Crippen LogP contribution in [0.2, 0.25) is 0 Å². The molecule has 3 aromatic rings. The monoisotopic (exact) mass is 377 g/mol. The molecule has 0 atom stereocenters. The van der Waals surface area contributed by atoms with Gasteiger partial charge < -0.3 is 20.0 Å².